The van der Waals surface area contributed by atoms with Gasteiger partial charge < -0.3 is 10.1 Å². The van der Waals surface area contributed by atoms with E-state index in [2.05, 4.69) is 10.4 Å². The van der Waals surface area contributed by atoms with Crippen LogP contribution in [0.1, 0.15) is 16.1 Å². The summed E-state index contributed by atoms with van der Waals surface area (Å²) >= 11 is 0. The number of aryl methyl sites for hydroxylation is 2. The van der Waals surface area contributed by atoms with Gasteiger partial charge in [-0.15, -0.1) is 0 Å². The zero-order valence-corrected chi connectivity index (χ0v) is 13.6. The smallest absolute Gasteiger partial charge is 0.255 e. The maximum atomic E-state index is 13.3. The molecule has 1 N–H and O–H groups in total. The first-order valence-corrected chi connectivity index (χ1v) is 7.48. The van der Waals surface area contributed by atoms with Crippen LogP contribution in [0, 0.1) is 18.6 Å². The summed E-state index contributed by atoms with van der Waals surface area (Å²) in [5, 5.41) is 6.87. The summed E-state index contributed by atoms with van der Waals surface area (Å²) in [6, 6.07) is 11.0. The molecule has 1 heterocycles. The van der Waals surface area contributed by atoms with Gasteiger partial charge in [0.15, 0.2) is 0 Å². The van der Waals surface area contributed by atoms with Gasteiger partial charge in [0.1, 0.15) is 23.1 Å². The lowest BCUT2D eigenvalue weighted by Gasteiger charge is -2.10. The van der Waals surface area contributed by atoms with Crippen molar-refractivity contribution in [1.82, 2.24) is 9.78 Å². The van der Waals surface area contributed by atoms with E-state index in [9.17, 15) is 13.6 Å². The van der Waals surface area contributed by atoms with Gasteiger partial charge >= 0.3 is 0 Å². The fourth-order valence-corrected chi connectivity index (χ4v) is 2.36. The van der Waals surface area contributed by atoms with Crippen molar-refractivity contribution in [2.75, 3.05) is 5.32 Å². The zero-order valence-electron chi connectivity index (χ0n) is 13.6. The van der Waals surface area contributed by atoms with Crippen molar-refractivity contribution in [2.24, 2.45) is 7.05 Å². The molecule has 3 rings (SSSR count). The molecule has 0 bridgehead atoms. The molecule has 1 aromatic heterocycles. The number of hydrogen-bond acceptors (Lipinski definition) is 3. The molecule has 0 saturated heterocycles. The molecule has 0 aliphatic carbocycles. The second kappa shape index (κ2) is 6.72. The van der Waals surface area contributed by atoms with Crippen LogP contribution in [0.5, 0.6) is 11.6 Å². The van der Waals surface area contributed by atoms with Crippen LogP contribution in [0.4, 0.5) is 14.5 Å². The highest BCUT2D eigenvalue weighted by atomic mass is 19.1. The highest BCUT2D eigenvalue weighted by Crippen LogP contribution is 2.32. The van der Waals surface area contributed by atoms with Gasteiger partial charge in [0.05, 0.1) is 5.69 Å². The van der Waals surface area contributed by atoms with E-state index in [0.29, 0.717) is 11.4 Å². The summed E-state index contributed by atoms with van der Waals surface area (Å²) in [6.07, 6.45) is 0. The Labute approximate surface area is 142 Å². The molecule has 3 aromatic rings. The molecular formula is C18H15F2N3O2. The van der Waals surface area contributed by atoms with Gasteiger partial charge in [0.25, 0.3) is 5.91 Å². The van der Waals surface area contributed by atoms with Crippen LogP contribution in [0.3, 0.4) is 0 Å². The first-order valence-electron chi connectivity index (χ1n) is 7.48. The number of aromatic nitrogens is 2. The van der Waals surface area contributed by atoms with Crippen LogP contribution in [0.2, 0.25) is 0 Å². The predicted molar refractivity (Wildman–Crippen MR) is 88.8 cm³/mol. The van der Waals surface area contributed by atoms with E-state index in [1.54, 1.807) is 20.0 Å². The normalized spacial score (nSPS) is 10.6. The molecular weight excluding hydrogens is 328 g/mol. The van der Waals surface area contributed by atoms with Gasteiger partial charge in [-0.2, -0.15) is 5.10 Å². The minimum atomic E-state index is -0.508. The number of carbonyl (C=O) groups excluding carboxylic acids is 1. The molecule has 0 spiro atoms. The van der Waals surface area contributed by atoms with E-state index in [4.69, 9.17) is 4.74 Å². The lowest BCUT2D eigenvalue weighted by molar-refractivity contribution is 0.102. The van der Waals surface area contributed by atoms with Gasteiger partial charge in [-0.1, -0.05) is 12.1 Å². The van der Waals surface area contributed by atoms with E-state index in [1.165, 1.54) is 41.1 Å². The van der Waals surface area contributed by atoms with Crippen LogP contribution in [0.25, 0.3) is 0 Å². The van der Waals surface area contributed by atoms with Gasteiger partial charge in [0.2, 0.25) is 5.88 Å². The van der Waals surface area contributed by atoms with Crippen LogP contribution >= 0.6 is 0 Å². The second-order valence-corrected chi connectivity index (χ2v) is 5.41. The lowest BCUT2D eigenvalue weighted by Crippen LogP contribution is -2.13. The van der Waals surface area contributed by atoms with E-state index in [0.717, 1.165) is 6.07 Å². The Balaban J connectivity index is 1.90. The highest BCUT2D eigenvalue weighted by molar-refractivity contribution is 6.05. The molecule has 128 valence electrons. The lowest BCUT2D eigenvalue weighted by atomic mass is 10.2. The van der Waals surface area contributed by atoms with Crippen molar-refractivity contribution in [3.8, 4) is 11.6 Å². The van der Waals surface area contributed by atoms with Gasteiger partial charge in [0, 0.05) is 18.7 Å². The average molecular weight is 343 g/mol. The molecule has 0 unspecified atom stereocenters. The Morgan fingerprint density at radius 3 is 2.48 bits per heavy atom. The Morgan fingerprint density at radius 2 is 1.80 bits per heavy atom. The summed E-state index contributed by atoms with van der Waals surface area (Å²) in [5.41, 5.74) is 1.01. The quantitative estimate of drug-likeness (QED) is 0.777. The number of rotatable bonds is 4. The summed E-state index contributed by atoms with van der Waals surface area (Å²) in [6.45, 7) is 1.69. The average Bonchev–Trinajstić information content (AvgIpc) is 2.82. The van der Waals surface area contributed by atoms with Crippen LogP contribution in [0.15, 0.2) is 48.5 Å². The third kappa shape index (κ3) is 3.65. The standard InChI is InChI=1S/C18H15F2N3O2/c1-11-16(21-17(24)12-5-3-6-13(19)9-12)18(23(2)22-11)25-15-8-4-7-14(20)10-15/h3-10H,1-2H3,(H,21,24). The Morgan fingerprint density at radius 1 is 1.12 bits per heavy atom. The van der Waals surface area contributed by atoms with Crippen molar-refractivity contribution in [3.05, 3.63) is 71.4 Å². The van der Waals surface area contributed by atoms with E-state index in [1.807, 2.05) is 0 Å². The number of nitrogens with one attached hydrogen (secondary N) is 1. The summed E-state index contributed by atoms with van der Waals surface area (Å²) in [4.78, 5) is 12.4. The van der Waals surface area contributed by atoms with Gasteiger partial charge in [-0.05, 0) is 37.3 Å². The molecule has 5 nitrogen and oxygen atoms in total. The van der Waals surface area contributed by atoms with Crippen LogP contribution in [-0.2, 0) is 7.05 Å². The fraction of sp³-hybridized carbons (Fsp3) is 0.111. The van der Waals surface area contributed by atoms with Gasteiger partial charge in [-0.25, -0.2) is 13.5 Å². The van der Waals surface area contributed by atoms with Crippen LogP contribution in [-0.4, -0.2) is 15.7 Å². The number of hydrogen-bond donors (Lipinski definition) is 1. The molecule has 7 heteroatoms. The summed E-state index contributed by atoms with van der Waals surface area (Å²) in [5.74, 6) is -0.940. The molecule has 2 aromatic carbocycles. The maximum absolute atomic E-state index is 13.3. The Bertz CT molecular complexity index is 938. The molecule has 0 aliphatic heterocycles. The third-order valence-electron chi connectivity index (χ3n) is 3.51. The van der Waals surface area contributed by atoms with E-state index >= 15 is 0 Å². The topological polar surface area (TPSA) is 56.1 Å². The van der Waals surface area contributed by atoms with Crippen LogP contribution < -0.4 is 10.1 Å². The number of carbonyl (C=O) groups is 1. The Kier molecular flexibility index (Phi) is 4.47. The number of anilines is 1. The number of benzene rings is 2. The molecule has 0 saturated carbocycles. The molecule has 1 amide bonds. The molecule has 0 fully saturated rings. The highest BCUT2D eigenvalue weighted by Gasteiger charge is 2.19. The van der Waals surface area contributed by atoms with E-state index in [-0.39, 0.29) is 17.2 Å². The Hall–Kier alpha value is -3.22. The number of halogens is 2. The number of ether oxygens (including phenoxy) is 1. The van der Waals surface area contributed by atoms with Crippen molar-refractivity contribution in [3.63, 3.8) is 0 Å². The molecule has 0 aliphatic rings. The van der Waals surface area contributed by atoms with E-state index < -0.39 is 17.5 Å². The maximum Gasteiger partial charge on any atom is 0.255 e. The molecule has 0 atom stereocenters. The predicted octanol–water partition coefficient (Wildman–Crippen LogP) is 4.05. The van der Waals surface area contributed by atoms with Crippen molar-refractivity contribution >= 4 is 11.6 Å². The minimum Gasteiger partial charge on any atom is -0.437 e. The third-order valence-corrected chi connectivity index (χ3v) is 3.51. The largest absolute Gasteiger partial charge is 0.437 e. The fourth-order valence-electron chi connectivity index (χ4n) is 2.36. The zero-order chi connectivity index (χ0) is 18.0. The second-order valence-electron chi connectivity index (χ2n) is 5.41. The van der Waals surface area contributed by atoms with Crippen molar-refractivity contribution in [1.29, 1.82) is 0 Å². The minimum absolute atomic E-state index is 0.167. The first kappa shape index (κ1) is 16.6. The van der Waals surface area contributed by atoms with Crippen molar-refractivity contribution in [2.45, 2.75) is 6.92 Å². The van der Waals surface area contributed by atoms with Crippen molar-refractivity contribution < 1.29 is 18.3 Å². The molecule has 0 radical (unpaired) electrons. The first-order chi connectivity index (χ1) is 11.9. The monoisotopic (exact) mass is 343 g/mol. The van der Waals surface area contributed by atoms with Gasteiger partial charge in [-0.3, -0.25) is 4.79 Å². The summed E-state index contributed by atoms with van der Waals surface area (Å²) in [7, 11) is 1.64. The SMILES string of the molecule is Cc1nn(C)c(Oc2cccc(F)c2)c1NC(=O)c1cccc(F)c1. The number of amides is 1. The number of nitrogens with zero attached hydrogens (tertiary/aromatic N) is 2. The summed E-state index contributed by atoms with van der Waals surface area (Å²) < 4.78 is 33.7. The molecule has 25 heavy (non-hydrogen) atoms.